The van der Waals surface area contributed by atoms with Crippen molar-refractivity contribution in [2.24, 2.45) is 4.74 Å². The maximum absolute atomic E-state index is 6.17. The molecule has 4 heteroatoms. The zero-order valence-corrected chi connectivity index (χ0v) is 12.2. The van der Waals surface area contributed by atoms with Gasteiger partial charge in [-0.25, -0.2) is 4.74 Å². The van der Waals surface area contributed by atoms with Crippen molar-refractivity contribution in [1.82, 2.24) is 0 Å². The van der Waals surface area contributed by atoms with Crippen LogP contribution in [0.5, 0.6) is 11.5 Å². The highest BCUT2D eigenvalue weighted by atomic mass is 31.2. The van der Waals surface area contributed by atoms with Crippen LogP contribution in [0, 0.1) is 0 Å². The van der Waals surface area contributed by atoms with Gasteiger partial charge in [-0.1, -0.05) is 36.4 Å². The van der Waals surface area contributed by atoms with Gasteiger partial charge in [-0.2, -0.15) is 0 Å². The molecule has 20 heavy (non-hydrogen) atoms. The molecule has 1 heterocycles. The standard InChI is InChI=1S/C16H18NO2P/c1-3-9-15(10-4-1)18-20(14-8-7-13-17-20)19-16-11-5-2-6-12-16/h1-6,9-12H,7-8,13-14H2. The number of hydrogen-bond acceptors (Lipinski definition) is 3. The molecular weight excluding hydrogens is 269 g/mol. The Hall–Kier alpha value is -1.73. The smallest absolute Gasteiger partial charge is 0.314 e. The molecule has 1 aliphatic rings. The van der Waals surface area contributed by atoms with Crippen LogP contribution >= 0.6 is 7.51 Å². The van der Waals surface area contributed by atoms with E-state index in [-0.39, 0.29) is 0 Å². The summed E-state index contributed by atoms with van der Waals surface area (Å²) in [6.45, 7) is 0.827. The molecule has 0 bridgehead atoms. The normalized spacial score (nSPS) is 17.0. The average Bonchev–Trinajstić information content (AvgIpc) is 2.50. The maximum atomic E-state index is 6.17. The molecule has 0 fully saturated rings. The van der Waals surface area contributed by atoms with Gasteiger partial charge in [-0.15, -0.1) is 0 Å². The lowest BCUT2D eigenvalue weighted by Crippen LogP contribution is -2.10. The van der Waals surface area contributed by atoms with Crippen LogP contribution in [0.25, 0.3) is 0 Å². The van der Waals surface area contributed by atoms with Crippen LogP contribution in [0.2, 0.25) is 0 Å². The Morgan fingerprint density at radius 3 is 1.75 bits per heavy atom. The highest BCUT2D eigenvalue weighted by Crippen LogP contribution is 2.54. The number of rotatable bonds is 4. The van der Waals surface area contributed by atoms with E-state index in [0.29, 0.717) is 0 Å². The van der Waals surface area contributed by atoms with E-state index in [1.165, 1.54) is 0 Å². The Kier molecular flexibility index (Phi) is 4.08. The lowest BCUT2D eigenvalue weighted by Gasteiger charge is -2.28. The van der Waals surface area contributed by atoms with Gasteiger partial charge in [0.2, 0.25) is 0 Å². The molecule has 3 rings (SSSR count). The highest BCUT2D eigenvalue weighted by molar-refractivity contribution is 7.57. The average molecular weight is 287 g/mol. The predicted molar refractivity (Wildman–Crippen MR) is 82.5 cm³/mol. The summed E-state index contributed by atoms with van der Waals surface area (Å²) in [5.74, 6) is 1.67. The minimum Gasteiger partial charge on any atom is -0.430 e. The van der Waals surface area contributed by atoms with Crippen LogP contribution in [-0.4, -0.2) is 12.7 Å². The fourth-order valence-electron chi connectivity index (χ4n) is 2.18. The fourth-order valence-corrected chi connectivity index (χ4v) is 4.63. The van der Waals surface area contributed by atoms with Crippen LogP contribution in [0.3, 0.4) is 0 Å². The van der Waals surface area contributed by atoms with Crippen molar-refractivity contribution in [2.45, 2.75) is 12.8 Å². The van der Waals surface area contributed by atoms with E-state index in [9.17, 15) is 0 Å². The number of para-hydroxylation sites is 2. The summed E-state index contributed by atoms with van der Waals surface area (Å²) < 4.78 is 17.1. The largest absolute Gasteiger partial charge is 0.430 e. The molecule has 2 aromatic carbocycles. The number of benzene rings is 2. The lowest BCUT2D eigenvalue weighted by atomic mass is 10.3. The van der Waals surface area contributed by atoms with Crippen molar-refractivity contribution >= 4 is 7.51 Å². The number of nitrogens with zero attached hydrogens (tertiary/aromatic N) is 1. The summed E-state index contributed by atoms with van der Waals surface area (Å²) in [6, 6.07) is 19.7. The quantitative estimate of drug-likeness (QED) is 0.743. The van der Waals surface area contributed by atoms with E-state index in [1.807, 2.05) is 60.7 Å². The molecule has 0 N–H and O–H groups in total. The molecule has 0 aromatic heterocycles. The van der Waals surface area contributed by atoms with Crippen molar-refractivity contribution in [1.29, 1.82) is 0 Å². The molecule has 3 nitrogen and oxygen atoms in total. The Bertz CT molecular complexity index is 553. The second-order valence-corrected chi connectivity index (χ2v) is 7.11. The van der Waals surface area contributed by atoms with Crippen molar-refractivity contribution in [3.05, 3.63) is 60.7 Å². The van der Waals surface area contributed by atoms with Gasteiger partial charge in [0.25, 0.3) is 0 Å². The van der Waals surface area contributed by atoms with E-state index < -0.39 is 7.51 Å². The summed E-state index contributed by atoms with van der Waals surface area (Å²) >= 11 is 0. The zero-order valence-electron chi connectivity index (χ0n) is 11.3. The van der Waals surface area contributed by atoms with Gasteiger partial charge in [0.15, 0.2) is 0 Å². The Morgan fingerprint density at radius 2 is 1.30 bits per heavy atom. The molecule has 0 aliphatic carbocycles. The molecule has 0 saturated heterocycles. The van der Waals surface area contributed by atoms with Crippen LogP contribution in [0.1, 0.15) is 12.8 Å². The van der Waals surface area contributed by atoms with Crippen LogP contribution in [0.15, 0.2) is 65.4 Å². The van der Waals surface area contributed by atoms with Gasteiger partial charge in [0.05, 0.1) is 6.16 Å². The second-order valence-electron chi connectivity index (χ2n) is 4.74. The van der Waals surface area contributed by atoms with Gasteiger partial charge < -0.3 is 9.05 Å². The third-order valence-corrected chi connectivity index (χ3v) is 5.65. The third kappa shape index (κ3) is 3.23. The summed E-state index contributed by atoms with van der Waals surface area (Å²) in [5, 5.41) is 0. The highest BCUT2D eigenvalue weighted by Gasteiger charge is 2.27. The van der Waals surface area contributed by atoms with Crippen LogP contribution < -0.4 is 9.05 Å². The van der Waals surface area contributed by atoms with Crippen molar-refractivity contribution in [3.8, 4) is 11.5 Å². The zero-order chi connectivity index (χ0) is 13.7. The molecule has 2 aromatic rings. The fraction of sp³-hybridized carbons (Fsp3) is 0.250. The van der Waals surface area contributed by atoms with Crippen molar-refractivity contribution in [2.75, 3.05) is 12.7 Å². The van der Waals surface area contributed by atoms with Gasteiger partial charge >= 0.3 is 7.51 Å². The van der Waals surface area contributed by atoms with Gasteiger partial charge in [0.1, 0.15) is 11.5 Å². The molecule has 0 spiro atoms. The third-order valence-electron chi connectivity index (χ3n) is 3.15. The minimum atomic E-state index is -2.21. The van der Waals surface area contributed by atoms with E-state index in [0.717, 1.165) is 37.0 Å². The Balaban J connectivity index is 1.87. The van der Waals surface area contributed by atoms with E-state index in [4.69, 9.17) is 13.8 Å². The molecule has 0 amide bonds. The first-order chi connectivity index (χ1) is 9.86. The van der Waals surface area contributed by atoms with Gasteiger partial charge in [0, 0.05) is 6.54 Å². The second kappa shape index (κ2) is 6.15. The number of hydrogen-bond donors (Lipinski definition) is 0. The first-order valence-corrected chi connectivity index (χ1v) is 8.69. The van der Waals surface area contributed by atoms with Crippen molar-refractivity contribution < 1.29 is 9.05 Å². The minimum absolute atomic E-state index is 0.827. The van der Waals surface area contributed by atoms with E-state index >= 15 is 0 Å². The van der Waals surface area contributed by atoms with E-state index in [1.54, 1.807) is 0 Å². The van der Waals surface area contributed by atoms with Gasteiger partial charge in [-0.3, -0.25) is 0 Å². The van der Waals surface area contributed by atoms with Crippen LogP contribution in [-0.2, 0) is 0 Å². The van der Waals surface area contributed by atoms with E-state index in [2.05, 4.69) is 0 Å². The SMILES string of the molecule is c1ccc(OP2(Oc3ccccc3)=NCCCC2)cc1. The van der Waals surface area contributed by atoms with Crippen LogP contribution in [0.4, 0.5) is 0 Å². The summed E-state index contributed by atoms with van der Waals surface area (Å²) in [7, 11) is -2.21. The molecule has 0 saturated carbocycles. The molecular formula is C16H18NO2P. The topological polar surface area (TPSA) is 30.8 Å². The molecule has 1 aliphatic heterocycles. The lowest BCUT2D eigenvalue weighted by molar-refractivity contribution is 0.461. The monoisotopic (exact) mass is 287 g/mol. The maximum Gasteiger partial charge on any atom is 0.314 e. The molecule has 0 radical (unpaired) electrons. The Labute approximate surface area is 119 Å². The predicted octanol–water partition coefficient (Wildman–Crippen LogP) is 4.97. The summed E-state index contributed by atoms with van der Waals surface area (Å²) in [5.41, 5.74) is 0. The van der Waals surface area contributed by atoms with Gasteiger partial charge in [-0.05, 0) is 37.1 Å². The summed E-state index contributed by atoms with van der Waals surface area (Å²) in [6.07, 6.45) is 3.12. The summed E-state index contributed by atoms with van der Waals surface area (Å²) in [4.78, 5) is 0. The first kappa shape index (κ1) is 13.3. The van der Waals surface area contributed by atoms with Crippen molar-refractivity contribution in [3.63, 3.8) is 0 Å². The molecule has 104 valence electrons. The first-order valence-electron chi connectivity index (χ1n) is 6.93. The Morgan fingerprint density at radius 1 is 0.750 bits per heavy atom. The molecule has 0 atom stereocenters. The molecule has 0 unspecified atom stereocenters.